The van der Waals surface area contributed by atoms with Gasteiger partial charge in [0.1, 0.15) is 0 Å². The van der Waals surface area contributed by atoms with Crippen LogP contribution in [0, 0.1) is 0 Å². The van der Waals surface area contributed by atoms with Gasteiger partial charge in [-0.1, -0.05) is 48.5 Å². The minimum Gasteiger partial charge on any atom is -0.350 e. The molecule has 1 aromatic heterocycles. The molecule has 4 nitrogen and oxygen atoms in total. The van der Waals surface area contributed by atoms with Crippen molar-refractivity contribution in [1.82, 2.24) is 9.99 Å². The highest BCUT2D eigenvalue weighted by molar-refractivity contribution is 5.89. The van der Waals surface area contributed by atoms with Gasteiger partial charge in [0.2, 0.25) is 5.91 Å². The maximum Gasteiger partial charge on any atom is 0.244 e. The van der Waals surface area contributed by atoms with Gasteiger partial charge in [0.25, 0.3) is 0 Å². The minimum atomic E-state index is -0.122. The van der Waals surface area contributed by atoms with Crippen LogP contribution in [0.4, 0.5) is 0 Å². The predicted molar refractivity (Wildman–Crippen MR) is 88.8 cm³/mol. The van der Waals surface area contributed by atoms with Gasteiger partial charge in [0, 0.05) is 24.1 Å². The minimum absolute atomic E-state index is 0.122. The van der Waals surface area contributed by atoms with Gasteiger partial charge in [0.15, 0.2) is 0 Å². The van der Waals surface area contributed by atoms with Crippen LogP contribution in [0.2, 0.25) is 0 Å². The summed E-state index contributed by atoms with van der Waals surface area (Å²) >= 11 is 0. The molecule has 0 atom stereocenters. The van der Waals surface area contributed by atoms with Crippen molar-refractivity contribution in [1.29, 1.82) is 0 Å². The fourth-order valence-electron chi connectivity index (χ4n) is 2.50. The molecule has 0 spiro atoms. The zero-order valence-electron chi connectivity index (χ0n) is 12.4. The second-order valence-corrected chi connectivity index (χ2v) is 5.16. The van der Waals surface area contributed by atoms with E-state index in [1.54, 1.807) is 6.21 Å². The number of carbonyl (C=O) groups is 1. The van der Waals surface area contributed by atoms with Crippen molar-refractivity contribution >= 4 is 23.0 Å². The molecule has 0 aliphatic rings. The summed E-state index contributed by atoms with van der Waals surface area (Å²) in [7, 11) is 1.98. The van der Waals surface area contributed by atoms with Crippen molar-refractivity contribution in [2.24, 2.45) is 12.1 Å². The third kappa shape index (κ3) is 3.06. The number of aryl methyl sites for hydroxylation is 1. The molecule has 0 aliphatic heterocycles. The summed E-state index contributed by atoms with van der Waals surface area (Å²) in [6.45, 7) is 0. The number of para-hydroxylation sites is 1. The van der Waals surface area contributed by atoms with E-state index in [-0.39, 0.29) is 5.91 Å². The zero-order valence-corrected chi connectivity index (χ0v) is 12.4. The summed E-state index contributed by atoms with van der Waals surface area (Å²) in [6, 6.07) is 17.7. The van der Waals surface area contributed by atoms with Crippen molar-refractivity contribution in [3.63, 3.8) is 0 Å². The van der Waals surface area contributed by atoms with E-state index in [1.807, 2.05) is 72.4 Å². The topological polar surface area (TPSA) is 46.4 Å². The average Bonchev–Trinajstić information content (AvgIpc) is 2.85. The maximum absolute atomic E-state index is 12.0. The standard InChI is InChI=1S/C18H17N3O/c1-21-13-15(16-9-5-6-10-17(16)21)11-18(22)20-19-12-14-7-3-2-4-8-14/h2-10,12-13H,11H2,1H3,(H,20,22)/b19-12-. The molecule has 0 saturated heterocycles. The number of nitrogens with zero attached hydrogens (tertiary/aromatic N) is 2. The van der Waals surface area contributed by atoms with E-state index in [0.29, 0.717) is 6.42 Å². The Kier molecular flexibility index (Phi) is 4.01. The molecule has 3 aromatic rings. The number of hydrogen-bond donors (Lipinski definition) is 1. The molecule has 0 fully saturated rings. The van der Waals surface area contributed by atoms with E-state index in [0.717, 1.165) is 22.0 Å². The van der Waals surface area contributed by atoms with Gasteiger partial charge in [-0.15, -0.1) is 0 Å². The number of carbonyl (C=O) groups excluding carboxylic acids is 1. The molecule has 0 radical (unpaired) electrons. The molecule has 0 bridgehead atoms. The first kappa shape index (κ1) is 14.1. The molecule has 0 saturated carbocycles. The zero-order chi connectivity index (χ0) is 15.4. The molecule has 1 heterocycles. The van der Waals surface area contributed by atoms with Crippen LogP contribution >= 0.6 is 0 Å². The number of aromatic nitrogens is 1. The maximum atomic E-state index is 12.0. The highest BCUT2D eigenvalue weighted by Gasteiger charge is 2.09. The van der Waals surface area contributed by atoms with Crippen LogP contribution in [-0.4, -0.2) is 16.7 Å². The number of fused-ring (bicyclic) bond motifs is 1. The third-order valence-electron chi connectivity index (χ3n) is 3.53. The molecular weight excluding hydrogens is 274 g/mol. The molecule has 1 N–H and O–H groups in total. The van der Waals surface area contributed by atoms with E-state index in [2.05, 4.69) is 10.5 Å². The Balaban J connectivity index is 1.67. The Hall–Kier alpha value is -2.88. The fourth-order valence-corrected chi connectivity index (χ4v) is 2.50. The van der Waals surface area contributed by atoms with Gasteiger partial charge in [-0.05, 0) is 17.2 Å². The van der Waals surface area contributed by atoms with Gasteiger partial charge >= 0.3 is 0 Å². The van der Waals surface area contributed by atoms with E-state index < -0.39 is 0 Å². The molecular formula is C18H17N3O. The monoisotopic (exact) mass is 291 g/mol. The van der Waals surface area contributed by atoms with E-state index >= 15 is 0 Å². The summed E-state index contributed by atoms with van der Waals surface area (Å²) in [6.07, 6.45) is 3.94. The highest BCUT2D eigenvalue weighted by atomic mass is 16.2. The van der Waals surface area contributed by atoms with Crippen LogP contribution in [0.3, 0.4) is 0 Å². The first-order chi connectivity index (χ1) is 10.7. The fraction of sp³-hybridized carbons (Fsp3) is 0.111. The largest absolute Gasteiger partial charge is 0.350 e. The second kappa shape index (κ2) is 6.26. The lowest BCUT2D eigenvalue weighted by Gasteiger charge is -1.99. The lowest BCUT2D eigenvalue weighted by atomic mass is 10.1. The summed E-state index contributed by atoms with van der Waals surface area (Å²) < 4.78 is 2.03. The molecule has 2 aromatic carbocycles. The number of nitrogens with one attached hydrogen (secondary N) is 1. The Labute approximate surface area is 129 Å². The molecule has 0 unspecified atom stereocenters. The third-order valence-corrected chi connectivity index (χ3v) is 3.53. The van der Waals surface area contributed by atoms with E-state index in [4.69, 9.17) is 0 Å². The van der Waals surface area contributed by atoms with Crippen molar-refractivity contribution < 1.29 is 4.79 Å². The smallest absolute Gasteiger partial charge is 0.244 e. The molecule has 1 amide bonds. The SMILES string of the molecule is Cn1cc(CC(=O)N/N=C\c2ccccc2)c2ccccc21. The Morgan fingerprint density at radius 1 is 1.14 bits per heavy atom. The van der Waals surface area contributed by atoms with Gasteiger partial charge in [-0.2, -0.15) is 5.10 Å². The van der Waals surface area contributed by atoms with E-state index in [1.165, 1.54) is 0 Å². The van der Waals surface area contributed by atoms with Crippen molar-refractivity contribution in [2.45, 2.75) is 6.42 Å². The molecule has 0 aliphatic carbocycles. The number of hydrazone groups is 1. The van der Waals surface area contributed by atoms with Crippen LogP contribution in [-0.2, 0) is 18.3 Å². The van der Waals surface area contributed by atoms with Crippen LogP contribution in [0.1, 0.15) is 11.1 Å². The van der Waals surface area contributed by atoms with Crippen LogP contribution < -0.4 is 5.43 Å². The van der Waals surface area contributed by atoms with E-state index in [9.17, 15) is 4.79 Å². The average molecular weight is 291 g/mol. The highest BCUT2D eigenvalue weighted by Crippen LogP contribution is 2.20. The van der Waals surface area contributed by atoms with Gasteiger partial charge in [-0.3, -0.25) is 4.79 Å². The number of amides is 1. The van der Waals surface area contributed by atoms with Gasteiger partial charge < -0.3 is 4.57 Å². The molecule has 110 valence electrons. The summed E-state index contributed by atoms with van der Waals surface area (Å²) in [5, 5.41) is 5.10. The molecule has 4 heteroatoms. The number of benzene rings is 2. The Morgan fingerprint density at radius 3 is 2.68 bits per heavy atom. The first-order valence-corrected chi connectivity index (χ1v) is 7.14. The predicted octanol–water partition coefficient (Wildman–Crippen LogP) is 2.87. The molecule has 22 heavy (non-hydrogen) atoms. The number of rotatable bonds is 4. The number of hydrogen-bond acceptors (Lipinski definition) is 2. The van der Waals surface area contributed by atoms with Gasteiger partial charge in [0.05, 0.1) is 12.6 Å². The van der Waals surface area contributed by atoms with Crippen LogP contribution in [0.25, 0.3) is 10.9 Å². The Bertz CT molecular complexity index is 819. The van der Waals surface area contributed by atoms with Crippen LogP contribution in [0.5, 0.6) is 0 Å². The summed E-state index contributed by atoms with van der Waals surface area (Å²) in [5.41, 5.74) is 5.65. The van der Waals surface area contributed by atoms with Crippen molar-refractivity contribution in [3.8, 4) is 0 Å². The Morgan fingerprint density at radius 2 is 1.86 bits per heavy atom. The van der Waals surface area contributed by atoms with Gasteiger partial charge in [-0.25, -0.2) is 5.43 Å². The first-order valence-electron chi connectivity index (χ1n) is 7.14. The summed E-state index contributed by atoms with van der Waals surface area (Å²) in [4.78, 5) is 12.0. The summed E-state index contributed by atoms with van der Waals surface area (Å²) in [5.74, 6) is -0.122. The normalized spacial score (nSPS) is 11.1. The van der Waals surface area contributed by atoms with Crippen molar-refractivity contribution in [3.05, 3.63) is 71.9 Å². The van der Waals surface area contributed by atoms with Crippen molar-refractivity contribution in [2.75, 3.05) is 0 Å². The lowest BCUT2D eigenvalue weighted by Crippen LogP contribution is -2.19. The van der Waals surface area contributed by atoms with Crippen LogP contribution in [0.15, 0.2) is 65.9 Å². The lowest BCUT2D eigenvalue weighted by molar-refractivity contribution is -0.120. The quantitative estimate of drug-likeness (QED) is 0.583. The molecule has 3 rings (SSSR count). The second-order valence-electron chi connectivity index (χ2n) is 5.16.